The van der Waals surface area contributed by atoms with Gasteiger partial charge in [0.2, 0.25) is 0 Å². The van der Waals surface area contributed by atoms with Crippen LogP contribution in [0, 0.1) is 0 Å². The molecule has 0 bridgehead atoms. The number of hydrogen-bond acceptors (Lipinski definition) is 5. The highest BCUT2D eigenvalue weighted by Gasteiger charge is 2.30. The van der Waals surface area contributed by atoms with E-state index in [1.54, 1.807) is 25.1 Å². The first kappa shape index (κ1) is 19.3. The smallest absolute Gasteiger partial charge is 0.416 e. The van der Waals surface area contributed by atoms with Gasteiger partial charge in [0.1, 0.15) is 0 Å². The summed E-state index contributed by atoms with van der Waals surface area (Å²) in [6.07, 6.45) is -3.00. The predicted octanol–water partition coefficient (Wildman–Crippen LogP) is 4.48. The van der Waals surface area contributed by atoms with E-state index in [0.717, 1.165) is 12.1 Å². The minimum atomic E-state index is -4.42. The number of carbonyl (C=O) groups is 1. The van der Waals surface area contributed by atoms with Crippen LogP contribution in [0.2, 0.25) is 0 Å². The molecule has 0 heterocycles. The summed E-state index contributed by atoms with van der Waals surface area (Å²) < 4.78 is 48.5. The molecule has 5 nitrogen and oxygen atoms in total. The number of esters is 1. The molecule has 1 N–H and O–H groups in total. The molecule has 2 rings (SSSR count). The van der Waals surface area contributed by atoms with Crippen molar-refractivity contribution in [1.29, 1.82) is 0 Å². The number of hydrogen-bond donors (Lipinski definition) is 1. The van der Waals surface area contributed by atoms with Crippen LogP contribution in [0.25, 0.3) is 0 Å². The lowest BCUT2D eigenvalue weighted by Gasteiger charge is -2.10. The van der Waals surface area contributed by atoms with Gasteiger partial charge in [-0.15, -0.1) is 0 Å². The van der Waals surface area contributed by atoms with Crippen molar-refractivity contribution >= 4 is 17.9 Å². The molecule has 0 saturated heterocycles. The Labute approximate surface area is 148 Å². The van der Waals surface area contributed by atoms with E-state index in [4.69, 9.17) is 9.47 Å². The van der Waals surface area contributed by atoms with Gasteiger partial charge in [-0.3, -0.25) is 10.2 Å². The van der Waals surface area contributed by atoms with E-state index < -0.39 is 17.7 Å². The summed E-state index contributed by atoms with van der Waals surface area (Å²) in [4.78, 5) is 11.1. The third kappa shape index (κ3) is 5.51. The number of nitrogens with zero attached hydrogens (tertiary/aromatic N) is 1. The van der Waals surface area contributed by atoms with Crippen molar-refractivity contribution in [2.75, 3.05) is 12.0 Å². The Morgan fingerprint density at radius 2 is 1.96 bits per heavy atom. The van der Waals surface area contributed by atoms with Gasteiger partial charge in [-0.1, -0.05) is 6.07 Å². The van der Waals surface area contributed by atoms with E-state index in [2.05, 4.69) is 10.5 Å². The Morgan fingerprint density at radius 3 is 2.62 bits per heavy atom. The van der Waals surface area contributed by atoms with E-state index >= 15 is 0 Å². The standard InChI is InChI=1S/C18H17F3N2O3/c1-3-25-17-9-13(7-8-16(17)26-12(2)24)11-22-23-15-6-4-5-14(10-15)18(19,20)21/h4-11,23H,3H2,1-2H3. The normalized spacial score (nSPS) is 11.4. The molecule has 0 aliphatic rings. The van der Waals surface area contributed by atoms with Gasteiger partial charge in [0.15, 0.2) is 11.5 Å². The van der Waals surface area contributed by atoms with Crippen LogP contribution in [0.1, 0.15) is 25.0 Å². The summed E-state index contributed by atoms with van der Waals surface area (Å²) in [5.41, 5.74) is 2.61. The molecule has 2 aromatic rings. The SMILES string of the molecule is CCOc1cc(C=NNc2cccc(C(F)(F)F)c2)ccc1OC(C)=O. The van der Waals surface area contributed by atoms with Gasteiger partial charge in [-0.05, 0) is 48.9 Å². The maximum absolute atomic E-state index is 12.7. The van der Waals surface area contributed by atoms with Crippen molar-refractivity contribution < 1.29 is 27.4 Å². The van der Waals surface area contributed by atoms with Gasteiger partial charge in [0.25, 0.3) is 0 Å². The maximum Gasteiger partial charge on any atom is 0.416 e. The number of benzene rings is 2. The van der Waals surface area contributed by atoms with Crippen molar-refractivity contribution in [3.8, 4) is 11.5 Å². The highest BCUT2D eigenvalue weighted by molar-refractivity contribution is 5.82. The Morgan fingerprint density at radius 1 is 1.19 bits per heavy atom. The molecule has 0 amide bonds. The Hall–Kier alpha value is -3.03. The molecule has 0 unspecified atom stereocenters. The van der Waals surface area contributed by atoms with Crippen molar-refractivity contribution in [3.63, 3.8) is 0 Å². The quantitative estimate of drug-likeness (QED) is 0.355. The van der Waals surface area contributed by atoms with E-state index in [1.165, 1.54) is 25.3 Å². The molecule has 8 heteroatoms. The number of anilines is 1. The summed E-state index contributed by atoms with van der Waals surface area (Å²) in [7, 11) is 0. The first-order chi connectivity index (χ1) is 12.3. The highest BCUT2D eigenvalue weighted by atomic mass is 19.4. The first-order valence-electron chi connectivity index (χ1n) is 7.71. The summed E-state index contributed by atoms with van der Waals surface area (Å²) >= 11 is 0. The molecule has 0 spiro atoms. The van der Waals surface area contributed by atoms with Gasteiger partial charge < -0.3 is 9.47 Å². The minimum absolute atomic E-state index is 0.206. The van der Waals surface area contributed by atoms with Crippen molar-refractivity contribution in [1.82, 2.24) is 0 Å². The molecule has 0 saturated carbocycles. The second-order valence-electron chi connectivity index (χ2n) is 5.18. The topological polar surface area (TPSA) is 59.9 Å². The molecule has 26 heavy (non-hydrogen) atoms. The lowest BCUT2D eigenvalue weighted by molar-refractivity contribution is -0.137. The second kappa shape index (κ2) is 8.37. The molecule has 0 radical (unpaired) electrons. The average molecular weight is 366 g/mol. The van der Waals surface area contributed by atoms with Crippen LogP contribution in [0.4, 0.5) is 18.9 Å². The first-order valence-corrected chi connectivity index (χ1v) is 7.71. The number of halogens is 3. The molecule has 0 aromatic heterocycles. The van der Waals surface area contributed by atoms with Crippen LogP contribution >= 0.6 is 0 Å². The van der Waals surface area contributed by atoms with E-state index in [-0.39, 0.29) is 11.4 Å². The monoisotopic (exact) mass is 366 g/mol. The van der Waals surface area contributed by atoms with Crippen LogP contribution in [-0.2, 0) is 11.0 Å². The number of carbonyl (C=O) groups excluding carboxylic acids is 1. The molecule has 0 aliphatic heterocycles. The summed E-state index contributed by atoms with van der Waals surface area (Å²) in [5, 5.41) is 3.92. The lowest BCUT2D eigenvalue weighted by Crippen LogP contribution is -2.05. The van der Waals surface area contributed by atoms with E-state index in [0.29, 0.717) is 17.9 Å². The van der Waals surface area contributed by atoms with Gasteiger partial charge >= 0.3 is 12.1 Å². The molecule has 0 aliphatic carbocycles. The Kier molecular flexibility index (Phi) is 6.21. The van der Waals surface area contributed by atoms with Gasteiger partial charge in [0, 0.05) is 6.92 Å². The highest BCUT2D eigenvalue weighted by Crippen LogP contribution is 2.31. The molecule has 0 atom stereocenters. The maximum atomic E-state index is 12.7. The largest absolute Gasteiger partial charge is 0.490 e. The lowest BCUT2D eigenvalue weighted by atomic mass is 10.2. The summed E-state index contributed by atoms with van der Waals surface area (Å²) in [5.74, 6) is 0.173. The molecular formula is C18H17F3N2O3. The van der Waals surface area contributed by atoms with Crippen molar-refractivity contribution in [2.45, 2.75) is 20.0 Å². The fourth-order valence-corrected chi connectivity index (χ4v) is 2.06. The average Bonchev–Trinajstić information content (AvgIpc) is 2.56. The van der Waals surface area contributed by atoms with E-state index in [9.17, 15) is 18.0 Å². The van der Waals surface area contributed by atoms with Crippen LogP contribution in [0.15, 0.2) is 47.6 Å². The number of hydrazone groups is 1. The Balaban J connectivity index is 2.13. The second-order valence-corrected chi connectivity index (χ2v) is 5.18. The van der Waals surface area contributed by atoms with Crippen LogP contribution in [-0.4, -0.2) is 18.8 Å². The number of ether oxygens (including phenoxy) is 2. The van der Waals surface area contributed by atoms with Crippen LogP contribution < -0.4 is 14.9 Å². The minimum Gasteiger partial charge on any atom is -0.490 e. The summed E-state index contributed by atoms with van der Waals surface area (Å²) in [6, 6.07) is 9.52. The van der Waals surface area contributed by atoms with Crippen LogP contribution in [0.5, 0.6) is 11.5 Å². The zero-order valence-electron chi connectivity index (χ0n) is 14.1. The fraction of sp³-hybridized carbons (Fsp3) is 0.222. The Bertz CT molecular complexity index is 805. The van der Waals surface area contributed by atoms with Gasteiger partial charge in [0.05, 0.1) is 24.1 Å². The predicted molar refractivity (Wildman–Crippen MR) is 91.6 cm³/mol. The van der Waals surface area contributed by atoms with Crippen molar-refractivity contribution in [3.05, 3.63) is 53.6 Å². The third-order valence-corrected chi connectivity index (χ3v) is 3.12. The fourth-order valence-electron chi connectivity index (χ4n) is 2.06. The summed E-state index contributed by atoms with van der Waals surface area (Å²) in [6.45, 7) is 3.44. The molecule has 2 aromatic carbocycles. The third-order valence-electron chi connectivity index (χ3n) is 3.12. The number of nitrogens with one attached hydrogen (secondary N) is 1. The zero-order chi connectivity index (χ0) is 19.2. The molecule has 138 valence electrons. The van der Waals surface area contributed by atoms with Gasteiger partial charge in [-0.25, -0.2) is 0 Å². The molecule has 0 fully saturated rings. The van der Waals surface area contributed by atoms with Crippen LogP contribution in [0.3, 0.4) is 0 Å². The van der Waals surface area contributed by atoms with Gasteiger partial charge in [-0.2, -0.15) is 18.3 Å². The van der Waals surface area contributed by atoms with E-state index in [1.807, 2.05) is 0 Å². The zero-order valence-corrected chi connectivity index (χ0v) is 14.1. The number of alkyl halides is 3. The molecular weight excluding hydrogens is 349 g/mol. The van der Waals surface area contributed by atoms with Crippen molar-refractivity contribution in [2.24, 2.45) is 5.10 Å². The number of rotatable bonds is 6.